The van der Waals surface area contributed by atoms with Gasteiger partial charge in [-0.05, 0) is 50.3 Å². The molecular formula is C21H28N4O2. The number of rotatable bonds is 7. The van der Waals surface area contributed by atoms with Gasteiger partial charge in [0.15, 0.2) is 0 Å². The topological polar surface area (TPSA) is 78.1 Å². The van der Waals surface area contributed by atoms with E-state index in [1.807, 2.05) is 19.9 Å². The summed E-state index contributed by atoms with van der Waals surface area (Å²) in [4.78, 5) is 32.6. The maximum absolute atomic E-state index is 12.2. The number of aromatic nitrogens is 2. The average molecular weight is 368 g/mol. The third-order valence-electron chi connectivity index (χ3n) is 5.26. The summed E-state index contributed by atoms with van der Waals surface area (Å²) in [5.74, 6) is 0.567. The molecule has 1 aromatic heterocycles. The van der Waals surface area contributed by atoms with Crippen LogP contribution in [0.4, 0.5) is 0 Å². The minimum absolute atomic E-state index is 0.0570. The van der Waals surface area contributed by atoms with Crippen LogP contribution < -0.4 is 11.0 Å². The molecule has 0 radical (unpaired) electrons. The zero-order chi connectivity index (χ0) is 19.2. The quantitative estimate of drug-likeness (QED) is 0.783. The maximum Gasteiger partial charge on any atom is 0.345 e. The molecule has 27 heavy (non-hydrogen) atoms. The van der Waals surface area contributed by atoms with Crippen molar-refractivity contribution in [1.82, 2.24) is 20.2 Å². The molecule has 1 saturated heterocycles. The molecular weight excluding hydrogens is 340 g/mol. The number of carbonyl (C=O) groups excluding carboxylic acids is 1. The summed E-state index contributed by atoms with van der Waals surface area (Å²) in [6, 6.07) is 10.5. The lowest BCUT2D eigenvalue weighted by atomic mass is 10.1. The van der Waals surface area contributed by atoms with Crippen molar-refractivity contribution in [2.75, 3.05) is 19.6 Å². The lowest BCUT2D eigenvalue weighted by Crippen LogP contribution is -2.31. The summed E-state index contributed by atoms with van der Waals surface area (Å²) in [6.07, 6.45) is 2.13. The maximum atomic E-state index is 12.2. The Morgan fingerprint density at radius 1 is 1.30 bits per heavy atom. The van der Waals surface area contributed by atoms with Crippen LogP contribution in [0.2, 0.25) is 0 Å². The number of amides is 1. The summed E-state index contributed by atoms with van der Waals surface area (Å²) in [7, 11) is 0. The van der Waals surface area contributed by atoms with Gasteiger partial charge in [0.1, 0.15) is 0 Å². The fourth-order valence-corrected chi connectivity index (χ4v) is 3.77. The Kier molecular flexibility index (Phi) is 6.40. The molecule has 1 atom stereocenters. The first kappa shape index (κ1) is 19.3. The number of aromatic amines is 1. The normalized spacial score (nSPS) is 17.2. The zero-order valence-electron chi connectivity index (χ0n) is 16.1. The molecule has 0 saturated carbocycles. The second-order valence-corrected chi connectivity index (χ2v) is 7.41. The molecule has 1 amide bonds. The molecule has 0 aliphatic carbocycles. The fraction of sp³-hybridized carbons (Fsp3) is 0.476. The minimum atomic E-state index is -0.334. The van der Waals surface area contributed by atoms with Gasteiger partial charge in [-0.15, -0.1) is 0 Å². The van der Waals surface area contributed by atoms with E-state index in [1.165, 1.54) is 5.56 Å². The molecule has 2 aromatic rings. The van der Waals surface area contributed by atoms with Crippen LogP contribution in [0.25, 0.3) is 0 Å². The Labute approximate surface area is 160 Å². The number of likely N-dealkylation sites (tertiary alicyclic amines) is 1. The van der Waals surface area contributed by atoms with E-state index in [2.05, 4.69) is 44.5 Å². The highest BCUT2D eigenvalue weighted by Crippen LogP contribution is 2.18. The van der Waals surface area contributed by atoms with Crippen molar-refractivity contribution in [3.05, 3.63) is 63.3 Å². The standard InChI is InChI=1S/C21H28N4O2/c1-15-19(16(2)24-21(27)23-15)8-9-20(26)22-12-18-10-11-25(14-18)13-17-6-4-3-5-7-17/h3-7,18H,8-14H2,1-2H3,(H,22,26)(H,23,24,27). The monoisotopic (exact) mass is 368 g/mol. The van der Waals surface area contributed by atoms with Gasteiger partial charge < -0.3 is 10.3 Å². The molecule has 1 fully saturated rings. The van der Waals surface area contributed by atoms with Gasteiger partial charge in [0, 0.05) is 37.4 Å². The Hall–Kier alpha value is -2.47. The lowest BCUT2D eigenvalue weighted by molar-refractivity contribution is -0.121. The fourth-order valence-electron chi connectivity index (χ4n) is 3.77. The van der Waals surface area contributed by atoms with Gasteiger partial charge in [-0.25, -0.2) is 4.79 Å². The smallest absolute Gasteiger partial charge is 0.345 e. The number of hydrogen-bond donors (Lipinski definition) is 2. The first-order valence-electron chi connectivity index (χ1n) is 9.60. The van der Waals surface area contributed by atoms with Crippen molar-refractivity contribution in [1.29, 1.82) is 0 Å². The molecule has 3 rings (SSSR count). The Bertz CT molecular complexity index is 806. The highest BCUT2D eigenvalue weighted by Gasteiger charge is 2.22. The van der Waals surface area contributed by atoms with E-state index in [0.29, 0.717) is 24.5 Å². The summed E-state index contributed by atoms with van der Waals surface area (Å²) < 4.78 is 0. The number of nitrogens with one attached hydrogen (secondary N) is 2. The number of aryl methyl sites for hydroxylation is 2. The second-order valence-electron chi connectivity index (χ2n) is 7.41. The molecule has 144 valence electrons. The van der Waals surface area contributed by atoms with Gasteiger partial charge in [-0.3, -0.25) is 9.69 Å². The number of carbonyl (C=O) groups is 1. The van der Waals surface area contributed by atoms with Crippen molar-refractivity contribution >= 4 is 5.91 Å². The van der Waals surface area contributed by atoms with E-state index in [-0.39, 0.29) is 11.6 Å². The molecule has 2 heterocycles. The van der Waals surface area contributed by atoms with Gasteiger partial charge in [0.25, 0.3) is 0 Å². The summed E-state index contributed by atoms with van der Waals surface area (Å²) >= 11 is 0. The van der Waals surface area contributed by atoms with E-state index in [4.69, 9.17) is 0 Å². The average Bonchev–Trinajstić information content (AvgIpc) is 3.07. The molecule has 1 aliphatic rings. The molecule has 6 nitrogen and oxygen atoms in total. The lowest BCUT2D eigenvalue weighted by Gasteiger charge is -2.16. The van der Waals surface area contributed by atoms with Gasteiger partial charge in [0.05, 0.1) is 0 Å². The van der Waals surface area contributed by atoms with Crippen LogP contribution in [0.15, 0.2) is 35.1 Å². The summed E-state index contributed by atoms with van der Waals surface area (Å²) in [6.45, 7) is 7.47. The van der Waals surface area contributed by atoms with Gasteiger partial charge in [-0.2, -0.15) is 4.98 Å². The Morgan fingerprint density at radius 3 is 2.81 bits per heavy atom. The van der Waals surface area contributed by atoms with Crippen molar-refractivity contribution in [3.63, 3.8) is 0 Å². The molecule has 1 aliphatic heterocycles. The van der Waals surface area contributed by atoms with Gasteiger partial charge in [0.2, 0.25) is 5.91 Å². The van der Waals surface area contributed by atoms with Crippen LogP contribution in [0.1, 0.15) is 35.4 Å². The van der Waals surface area contributed by atoms with Crippen LogP contribution in [0, 0.1) is 19.8 Å². The number of hydrogen-bond acceptors (Lipinski definition) is 4. The van der Waals surface area contributed by atoms with Crippen LogP contribution in [0.3, 0.4) is 0 Å². The predicted molar refractivity (Wildman–Crippen MR) is 105 cm³/mol. The van der Waals surface area contributed by atoms with Crippen LogP contribution in [0.5, 0.6) is 0 Å². The highest BCUT2D eigenvalue weighted by atomic mass is 16.1. The summed E-state index contributed by atoms with van der Waals surface area (Å²) in [5, 5.41) is 3.07. The number of H-pyrrole nitrogens is 1. The highest BCUT2D eigenvalue weighted by molar-refractivity contribution is 5.76. The van der Waals surface area contributed by atoms with Crippen molar-refractivity contribution in [2.45, 2.75) is 39.7 Å². The van der Waals surface area contributed by atoms with Crippen molar-refractivity contribution in [2.24, 2.45) is 5.92 Å². The number of benzene rings is 1. The van der Waals surface area contributed by atoms with E-state index in [1.54, 1.807) is 0 Å². The molecule has 1 aromatic carbocycles. The van der Waals surface area contributed by atoms with Gasteiger partial charge in [-0.1, -0.05) is 30.3 Å². The van der Waals surface area contributed by atoms with E-state index >= 15 is 0 Å². The van der Waals surface area contributed by atoms with Gasteiger partial charge >= 0.3 is 5.69 Å². The largest absolute Gasteiger partial charge is 0.356 e. The minimum Gasteiger partial charge on any atom is -0.356 e. The summed E-state index contributed by atoms with van der Waals surface area (Å²) in [5.41, 5.74) is 3.46. The SMILES string of the molecule is Cc1nc(=O)[nH]c(C)c1CCC(=O)NCC1CCN(Cc2ccccc2)C1. The Balaban J connectivity index is 1.40. The molecule has 1 unspecified atom stereocenters. The Morgan fingerprint density at radius 2 is 2.07 bits per heavy atom. The van der Waals surface area contributed by atoms with Crippen molar-refractivity contribution in [3.8, 4) is 0 Å². The third kappa shape index (κ3) is 5.50. The van der Waals surface area contributed by atoms with Crippen molar-refractivity contribution < 1.29 is 4.79 Å². The first-order valence-corrected chi connectivity index (χ1v) is 9.60. The molecule has 6 heteroatoms. The van der Waals surface area contributed by atoms with Crippen LogP contribution in [-0.2, 0) is 17.8 Å². The van der Waals surface area contributed by atoms with Crippen LogP contribution in [-0.4, -0.2) is 40.4 Å². The molecule has 2 N–H and O–H groups in total. The van der Waals surface area contributed by atoms with E-state index < -0.39 is 0 Å². The van der Waals surface area contributed by atoms with E-state index in [0.717, 1.165) is 43.9 Å². The van der Waals surface area contributed by atoms with E-state index in [9.17, 15) is 9.59 Å². The first-order chi connectivity index (χ1) is 13.0. The third-order valence-corrected chi connectivity index (χ3v) is 5.26. The zero-order valence-corrected chi connectivity index (χ0v) is 16.1. The molecule has 0 bridgehead atoms. The van der Waals surface area contributed by atoms with Crippen LogP contribution >= 0.6 is 0 Å². The predicted octanol–water partition coefficient (Wildman–Crippen LogP) is 1.96. The molecule has 0 spiro atoms. The number of nitrogens with zero attached hydrogens (tertiary/aromatic N) is 2. The second kappa shape index (κ2) is 8.95.